The lowest BCUT2D eigenvalue weighted by atomic mass is 10.3. The first kappa shape index (κ1) is 17.0. The van der Waals surface area contributed by atoms with Crippen LogP contribution < -0.4 is 17.0 Å². The van der Waals surface area contributed by atoms with Crippen molar-refractivity contribution in [2.24, 2.45) is 0 Å². The Morgan fingerprint density at radius 1 is 1.53 bits per heavy atom. The number of rotatable bonds is 5. The SMILES string of the molecule is C=CC(=O)OC(C)[N+](C)(C)CC(C)O.[Br-]. The number of ether oxygens (including phenoxy) is 1. The first-order valence-electron chi connectivity index (χ1n) is 4.63. The number of hydrogen-bond donors (Lipinski definition) is 1. The number of nitrogens with zero attached hydrogens (tertiary/aromatic N) is 1. The van der Waals surface area contributed by atoms with Crippen LogP contribution in [0.2, 0.25) is 0 Å². The number of aliphatic hydroxyl groups excluding tert-OH is 1. The van der Waals surface area contributed by atoms with E-state index in [0.29, 0.717) is 11.0 Å². The predicted octanol–water partition coefficient (Wildman–Crippen LogP) is -2.48. The summed E-state index contributed by atoms with van der Waals surface area (Å²) in [4.78, 5) is 10.9. The Kier molecular flexibility index (Phi) is 7.92. The first-order valence-corrected chi connectivity index (χ1v) is 4.63. The van der Waals surface area contributed by atoms with Crippen molar-refractivity contribution >= 4 is 5.97 Å². The molecule has 90 valence electrons. The van der Waals surface area contributed by atoms with E-state index in [2.05, 4.69) is 6.58 Å². The highest BCUT2D eigenvalue weighted by molar-refractivity contribution is 5.81. The molecule has 0 aliphatic heterocycles. The lowest BCUT2D eigenvalue weighted by Gasteiger charge is -2.35. The standard InChI is InChI=1S/C10H20NO3.BrH/c1-6-10(13)14-9(3)11(4,5)7-8(2)12;/h6,8-9,12H,1,7H2,2-5H3;1H/q+1;/p-1. The van der Waals surface area contributed by atoms with Crippen molar-refractivity contribution in [3.63, 3.8) is 0 Å². The minimum Gasteiger partial charge on any atom is -1.00 e. The molecule has 0 amide bonds. The summed E-state index contributed by atoms with van der Waals surface area (Å²) in [6, 6.07) is 0. The molecule has 0 saturated heterocycles. The molecule has 5 heteroatoms. The van der Waals surface area contributed by atoms with Crippen molar-refractivity contribution in [3.05, 3.63) is 12.7 Å². The zero-order valence-electron chi connectivity index (χ0n) is 9.74. The van der Waals surface area contributed by atoms with Gasteiger partial charge in [0.2, 0.25) is 6.23 Å². The maximum absolute atomic E-state index is 10.9. The smallest absolute Gasteiger partial charge is 0.334 e. The molecule has 0 bridgehead atoms. The zero-order valence-corrected chi connectivity index (χ0v) is 11.3. The topological polar surface area (TPSA) is 46.5 Å². The van der Waals surface area contributed by atoms with Gasteiger partial charge in [0.15, 0.2) is 0 Å². The minimum atomic E-state index is -0.436. The molecule has 0 spiro atoms. The lowest BCUT2D eigenvalue weighted by Crippen LogP contribution is -3.00. The molecule has 0 aliphatic carbocycles. The van der Waals surface area contributed by atoms with Crippen LogP contribution in [0.25, 0.3) is 0 Å². The van der Waals surface area contributed by atoms with Crippen molar-refractivity contribution in [2.45, 2.75) is 26.2 Å². The molecular formula is C10H20BrNO3. The van der Waals surface area contributed by atoms with Gasteiger partial charge in [-0.3, -0.25) is 4.48 Å². The summed E-state index contributed by atoms with van der Waals surface area (Å²) >= 11 is 0. The molecule has 15 heavy (non-hydrogen) atoms. The molecule has 0 heterocycles. The fraction of sp³-hybridized carbons (Fsp3) is 0.700. The summed E-state index contributed by atoms with van der Waals surface area (Å²) in [7, 11) is 3.79. The van der Waals surface area contributed by atoms with Crippen LogP contribution in [0.4, 0.5) is 0 Å². The molecule has 2 unspecified atom stereocenters. The molecule has 0 aromatic carbocycles. The summed E-state index contributed by atoms with van der Waals surface area (Å²) in [5.41, 5.74) is 0. The molecule has 0 rings (SSSR count). The van der Waals surface area contributed by atoms with E-state index in [1.807, 2.05) is 14.1 Å². The van der Waals surface area contributed by atoms with E-state index < -0.39 is 12.1 Å². The van der Waals surface area contributed by atoms with Gasteiger partial charge in [-0.2, -0.15) is 0 Å². The summed E-state index contributed by atoms with van der Waals surface area (Å²) < 4.78 is 5.50. The van der Waals surface area contributed by atoms with E-state index in [1.54, 1.807) is 13.8 Å². The molecule has 0 radical (unpaired) electrons. The third-order valence-electron chi connectivity index (χ3n) is 2.17. The Balaban J connectivity index is 0. The normalized spacial score (nSPS) is 14.7. The molecule has 4 nitrogen and oxygen atoms in total. The van der Waals surface area contributed by atoms with Crippen LogP contribution >= 0.6 is 0 Å². The van der Waals surface area contributed by atoms with Crippen molar-refractivity contribution in [1.29, 1.82) is 0 Å². The average molecular weight is 282 g/mol. The Morgan fingerprint density at radius 3 is 2.33 bits per heavy atom. The first-order chi connectivity index (χ1) is 6.29. The Morgan fingerprint density at radius 2 is 2.00 bits per heavy atom. The molecule has 0 fully saturated rings. The number of halogens is 1. The highest BCUT2D eigenvalue weighted by atomic mass is 79.9. The van der Waals surface area contributed by atoms with Crippen molar-refractivity contribution in [1.82, 2.24) is 0 Å². The molecule has 0 aliphatic rings. The van der Waals surface area contributed by atoms with Gasteiger partial charge in [0, 0.05) is 13.0 Å². The lowest BCUT2D eigenvalue weighted by molar-refractivity contribution is -0.935. The van der Waals surface area contributed by atoms with E-state index in [0.717, 1.165) is 6.08 Å². The number of carbonyl (C=O) groups excluding carboxylic acids is 1. The zero-order chi connectivity index (χ0) is 11.4. The maximum Gasteiger partial charge on any atom is 0.334 e. The fourth-order valence-corrected chi connectivity index (χ4v) is 1.19. The van der Waals surface area contributed by atoms with E-state index in [4.69, 9.17) is 4.74 Å². The van der Waals surface area contributed by atoms with Crippen molar-refractivity contribution in [3.8, 4) is 0 Å². The van der Waals surface area contributed by atoms with Crippen LogP contribution in [0.1, 0.15) is 13.8 Å². The molecule has 0 aromatic rings. The number of aliphatic hydroxyl groups is 1. The molecule has 0 aromatic heterocycles. The number of esters is 1. The van der Waals surface area contributed by atoms with Crippen LogP contribution in [-0.2, 0) is 9.53 Å². The number of hydrogen-bond acceptors (Lipinski definition) is 3. The van der Waals surface area contributed by atoms with Gasteiger partial charge in [-0.05, 0) is 6.92 Å². The van der Waals surface area contributed by atoms with Gasteiger partial charge in [0.1, 0.15) is 12.6 Å². The van der Waals surface area contributed by atoms with Crippen LogP contribution in [-0.4, -0.2) is 48.5 Å². The predicted molar refractivity (Wildman–Crippen MR) is 54.4 cm³/mol. The van der Waals surface area contributed by atoms with Crippen LogP contribution in [0, 0.1) is 0 Å². The molecule has 0 saturated carbocycles. The Bertz CT molecular complexity index is 217. The number of quaternary nitrogens is 1. The molecule has 2 atom stereocenters. The third-order valence-corrected chi connectivity index (χ3v) is 2.17. The largest absolute Gasteiger partial charge is 1.00 e. The highest BCUT2D eigenvalue weighted by Gasteiger charge is 2.28. The maximum atomic E-state index is 10.9. The summed E-state index contributed by atoms with van der Waals surface area (Å²) in [5, 5.41) is 9.25. The summed E-state index contributed by atoms with van der Waals surface area (Å²) in [6.45, 7) is 7.36. The highest BCUT2D eigenvalue weighted by Crippen LogP contribution is 2.09. The van der Waals surface area contributed by atoms with Gasteiger partial charge in [-0.15, -0.1) is 0 Å². The van der Waals surface area contributed by atoms with Crippen LogP contribution in [0.15, 0.2) is 12.7 Å². The van der Waals surface area contributed by atoms with Gasteiger partial charge in [0.25, 0.3) is 0 Å². The van der Waals surface area contributed by atoms with Crippen LogP contribution in [0.5, 0.6) is 0 Å². The monoisotopic (exact) mass is 281 g/mol. The second-order valence-electron chi connectivity index (χ2n) is 4.05. The van der Waals surface area contributed by atoms with Gasteiger partial charge in [-0.25, -0.2) is 4.79 Å². The van der Waals surface area contributed by atoms with Crippen molar-refractivity contribution in [2.75, 3.05) is 20.6 Å². The van der Waals surface area contributed by atoms with Crippen molar-refractivity contribution < 1.29 is 36.1 Å². The van der Waals surface area contributed by atoms with E-state index in [1.165, 1.54) is 0 Å². The fourth-order valence-electron chi connectivity index (χ4n) is 1.19. The Labute approximate surface area is 102 Å². The van der Waals surface area contributed by atoms with Gasteiger partial charge in [0.05, 0.1) is 14.1 Å². The molecule has 1 N–H and O–H groups in total. The Hall–Kier alpha value is -0.390. The summed E-state index contributed by atoms with van der Waals surface area (Å²) in [5.74, 6) is -0.436. The number of likely N-dealkylation sites (N-methyl/N-ethyl adjacent to an activating group) is 1. The van der Waals surface area contributed by atoms with Gasteiger partial charge >= 0.3 is 5.97 Å². The van der Waals surface area contributed by atoms with E-state index in [9.17, 15) is 9.90 Å². The van der Waals surface area contributed by atoms with Crippen LogP contribution in [0.3, 0.4) is 0 Å². The van der Waals surface area contributed by atoms with E-state index in [-0.39, 0.29) is 23.2 Å². The van der Waals surface area contributed by atoms with Gasteiger partial charge < -0.3 is 26.8 Å². The second-order valence-corrected chi connectivity index (χ2v) is 4.05. The van der Waals surface area contributed by atoms with Gasteiger partial charge in [-0.1, -0.05) is 6.58 Å². The minimum absolute atomic E-state index is 0. The van der Waals surface area contributed by atoms with E-state index >= 15 is 0 Å². The average Bonchev–Trinajstić information content (AvgIpc) is 2.01. The number of carbonyl (C=O) groups is 1. The quantitative estimate of drug-likeness (QED) is 0.263. The summed E-state index contributed by atoms with van der Waals surface area (Å²) in [6.07, 6.45) is 0.420. The third kappa shape index (κ3) is 6.65. The molecular weight excluding hydrogens is 262 g/mol. The second kappa shape index (κ2) is 6.98.